The van der Waals surface area contributed by atoms with E-state index in [2.05, 4.69) is 49.3 Å². The summed E-state index contributed by atoms with van der Waals surface area (Å²) in [6.45, 7) is 12.5. The second-order valence-electron chi connectivity index (χ2n) is 6.83. The minimum absolute atomic E-state index is 0.00980. The first-order valence-electron chi connectivity index (χ1n) is 7.61. The molecule has 0 aliphatic carbocycles. The summed E-state index contributed by atoms with van der Waals surface area (Å²) in [5, 5.41) is 8.09. The molecule has 2 unspecified atom stereocenters. The van der Waals surface area contributed by atoms with Crippen LogP contribution in [-0.4, -0.2) is 14.8 Å². The van der Waals surface area contributed by atoms with Crippen LogP contribution in [0.5, 0.6) is 0 Å². The van der Waals surface area contributed by atoms with Gasteiger partial charge in [0.15, 0.2) is 0 Å². The molecule has 120 valence electrons. The summed E-state index contributed by atoms with van der Waals surface area (Å²) in [6.07, 6.45) is 5.00. The largest absolute Gasteiger partial charge is 0.303 e. The van der Waals surface area contributed by atoms with Crippen LogP contribution in [0.4, 0.5) is 4.39 Å². The van der Waals surface area contributed by atoms with Crippen molar-refractivity contribution in [2.45, 2.75) is 59.2 Å². The van der Waals surface area contributed by atoms with E-state index in [9.17, 15) is 4.39 Å². The molecule has 0 amide bonds. The van der Waals surface area contributed by atoms with E-state index < -0.39 is 0 Å². The molecule has 2 rings (SSSR count). The van der Waals surface area contributed by atoms with E-state index in [1.54, 1.807) is 6.20 Å². The highest BCUT2D eigenvalue weighted by molar-refractivity contribution is 5.22. The van der Waals surface area contributed by atoms with Crippen molar-refractivity contribution in [1.82, 2.24) is 20.1 Å². The van der Waals surface area contributed by atoms with Crippen LogP contribution in [0.1, 0.15) is 63.5 Å². The molecular formula is C17H25FN4. The van der Waals surface area contributed by atoms with Gasteiger partial charge in [0, 0.05) is 30.0 Å². The van der Waals surface area contributed by atoms with Crippen molar-refractivity contribution in [3.8, 4) is 0 Å². The molecule has 2 aromatic rings. The third-order valence-corrected chi connectivity index (χ3v) is 3.82. The first kappa shape index (κ1) is 16.6. The monoisotopic (exact) mass is 304 g/mol. The summed E-state index contributed by atoms with van der Waals surface area (Å²) < 4.78 is 15.3. The van der Waals surface area contributed by atoms with Crippen molar-refractivity contribution in [1.29, 1.82) is 0 Å². The van der Waals surface area contributed by atoms with E-state index in [1.165, 1.54) is 12.3 Å². The van der Waals surface area contributed by atoms with E-state index in [1.807, 2.05) is 18.5 Å². The SMILES string of the molecule is Cc1nn(C(C)(C)C)cc1C(C)NC(C)c1cncc(F)c1. The number of nitrogens with zero attached hydrogens (tertiary/aromatic N) is 3. The number of aryl methyl sites for hydroxylation is 1. The zero-order chi connectivity index (χ0) is 16.5. The van der Waals surface area contributed by atoms with Gasteiger partial charge in [-0.25, -0.2) is 4.39 Å². The summed E-state index contributed by atoms with van der Waals surface area (Å²) in [6, 6.07) is 1.65. The maximum absolute atomic E-state index is 13.3. The number of pyridine rings is 1. The molecule has 2 heterocycles. The Morgan fingerprint density at radius 2 is 1.86 bits per heavy atom. The molecule has 0 bridgehead atoms. The number of aromatic nitrogens is 3. The van der Waals surface area contributed by atoms with Gasteiger partial charge in [-0.15, -0.1) is 0 Å². The lowest BCUT2D eigenvalue weighted by atomic mass is 10.1. The predicted octanol–water partition coefficient (Wildman–Crippen LogP) is 3.89. The smallest absolute Gasteiger partial charge is 0.141 e. The zero-order valence-corrected chi connectivity index (χ0v) is 14.2. The van der Waals surface area contributed by atoms with Crippen molar-refractivity contribution >= 4 is 0 Å². The van der Waals surface area contributed by atoms with E-state index in [4.69, 9.17) is 0 Å². The Labute approximate surface area is 131 Å². The Bertz CT molecular complexity index is 642. The second kappa shape index (κ2) is 6.16. The number of halogens is 1. The lowest BCUT2D eigenvalue weighted by Gasteiger charge is -2.21. The quantitative estimate of drug-likeness (QED) is 0.931. The molecule has 0 spiro atoms. The molecule has 4 nitrogen and oxygen atoms in total. The molecule has 2 atom stereocenters. The second-order valence-corrected chi connectivity index (χ2v) is 6.83. The van der Waals surface area contributed by atoms with Gasteiger partial charge in [0.25, 0.3) is 0 Å². The molecule has 2 aromatic heterocycles. The summed E-state index contributed by atoms with van der Waals surface area (Å²) in [5.41, 5.74) is 2.97. The van der Waals surface area contributed by atoms with Crippen molar-refractivity contribution in [2.75, 3.05) is 0 Å². The maximum Gasteiger partial charge on any atom is 0.141 e. The first-order valence-corrected chi connectivity index (χ1v) is 7.61. The molecule has 0 aliphatic rings. The van der Waals surface area contributed by atoms with Gasteiger partial charge in [-0.1, -0.05) is 0 Å². The van der Waals surface area contributed by atoms with E-state index >= 15 is 0 Å². The summed E-state index contributed by atoms with van der Waals surface area (Å²) in [7, 11) is 0. The van der Waals surface area contributed by atoms with Crippen LogP contribution in [0.3, 0.4) is 0 Å². The fourth-order valence-electron chi connectivity index (χ4n) is 2.47. The van der Waals surface area contributed by atoms with Crippen LogP contribution in [0.15, 0.2) is 24.7 Å². The third kappa shape index (κ3) is 3.71. The Morgan fingerprint density at radius 3 is 2.41 bits per heavy atom. The average molecular weight is 304 g/mol. The fourth-order valence-corrected chi connectivity index (χ4v) is 2.47. The van der Waals surface area contributed by atoms with Gasteiger partial charge in [0.2, 0.25) is 0 Å². The summed E-state index contributed by atoms with van der Waals surface area (Å²) in [4.78, 5) is 3.91. The molecule has 0 radical (unpaired) electrons. The number of rotatable bonds is 4. The fraction of sp³-hybridized carbons (Fsp3) is 0.529. The molecule has 1 N–H and O–H groups in total. The van der Waals surface area contributed by atoms with E-state index in [-0.39, 0.29) is 23.4 Å². The number of nitrogens with one attached hydrogen (secondary N) is 1. The third-order valence-electron chi connectivity index (χ3n) is 3.82. The topological polar surface area (TPSA) is 42.7 Å². The van der Waals surface area contributed by atoms with Gasteiger partial charge < -0.3 is 5.32 Å². The van der Waals surface area contributed by atoms with Crippen molar-refractivity contribution < 1.29 is 4.39 Å². The maximum atomic E-state index is 13.3. The Kier molecular flexibility index (Phi) is 4.66. The Morgan fingerprint density at radius 1 is 1.18 bits per heavy atom. The Hall–Kier alpha value is -1.75. The zero-order valence-electron chi connectivity index (χ0n) is 14.2. The Balaban J connectivity index is 2.15. The average Bonchev–Trinajstić information content (AvgIpc) is 2.81. The van der Waals surface area contributed by atoms with Crippen molar-refractivity contribution in [2.24, 2.45) is 0 Å². The van der Waals surface area contributed by atoms with E-state index in [0.717, 1.165) is 16.8 Å². The molecule has 0 saturated heterocycles. The minimum Gasteiger partial charge on any atom is -0.303 e. The van der Waals surface area contributed by atoms with Gasteiger partial charge in [0.1, 0.15) is 5.82 Å². The lowest BCUT2D eigenvalue weighted by molar-refractivity contribution is 0.353. The van der Waals surface area contributed by atoms with Crippen LogP contribution < -0.4 is 5.32 Å². The normalized spacial score (nSPS) is 14.9. The van der Waals surface area contributed by atoms with Gasteiger partial charge in [-0.3, -0.25) is 9.67 Å². The van der Waals surface area contributed by atoms with Gasteiger partial charge in [-0.2, -0.15) is 5.10 Å². The number of hydrogen-bond acceptors (Lipinski definition) is 3. The van der Waals surface area contributed by atoms with Gasteiger partial charge in [0.05, 0.1) is 17.4 Å². The highest BCUT2D eigenvalue weighted by atomic mass is 19.1. The van der Waals surface area contributed by atoms with Crippen LogP contribution in [0, 0.1) is 12.7 Å². The van der Waals surface area contributed by atoms with Gasteiger partial charge >= 0.3 is 0 Å². The van der Waals surface area contributed by atoms with Crippen molar-refractivity contribution in [3.05, 3.63) is 47.3 Å². The summed E-state index contributed by atoms with van der Waals surface area (Å²) in [5.74, 6) is -0.310. The molecule has 5 heteroatoms. The van der Waals surface area contributed by atoms with Crippen LogP contribution >= 0.6 is 0 Å². The number of hydrogen-bond donors (Lipinski definition) is 1. The molecular weight excluding hydrogens is 279 g/mol. The highest BCUT2D eigenvalue weighted by Gasteiger charge is 2.20. The van der Waals surface area contributed by atoms with Crippen LogP contribution in [-0.2, 0) is 5.54 Å². The predicted molar refractivity (Wildman–Crippen MR) is 86.1 cm³/mol. The van der Waals surface area contributed by atoms with Crippen molar-refractivity contribution in [3.63, 3.8) is 0 Å². The van der Waals surface area contributed by atoms with Gasteiger partial charge in [-0.05, 0) is 53.2 Å². The highest BCUT2D eigenvalue weighted by Crippen LogP contribution is 2.24. The molecule has 0 aliphatic heterocycles. The molecule has 0 saturated carbocycles. The molecule has 0 fully saturated rings. The van der Waals surface area contributed by atoms with Crippen LogP contribution in [0.2, 0.25) is 0 Å². The molecule has 22 heavy (non-hydrogen) atoms. The standard InChI is InChI=1S/C17H25FN4/c1-11(14-7-15(18)9-19-8-14)20-12(2)16-10-22(17(4,5)6)21-13(16)3/h7-12,20H,1-6H3. The lowest BCUT2D eigenvalue weighted by Crippen LogP contribution is -2.23. The van der Waals surface area contributed by atoms with Crippen LogP contribution in [0.25, 0.3) is 0 Å². The minimum atomic E-state index is -0.310. The van der Waals surface area contributed by atoms with E-state index in [0.29, 0.717) is 0 Å². The summed E-state index contributed by atoms with van der Waals surface area (Å²) >= 11 is 0. The first-order chi connectivity index (χ1) is 10.2. The molecule has 0 aromatic carbocycles.